The lowest BCUT2D eigenvalue weighted by atomic mass is 9.96. The van der Waals surface area contributed by atoms with Crippen LogP contribution < -0.4 is 4.74 Å². The normalized spacial score (nSPS) is 21.5. The second kappa shape index (κ2) is 11.0. The number of likely N-dealkylation sites (tertiary alicyclic amines) is 2. The molecule has 7 nitrogen and oxygen atoms in total. The number of hydrogen-bond acceptors (Lipinski definition) is 5. The zero-order valence-electron chi connectivity index (χ0n) is 20.9. The van der Waals surface area contributed by atoms with Crippen LogP contribution in [0.25, 0.3) is 11.1 Å². The third-order valence-electron chi connectivity index (χ3n) is 6.94. The number of aliphatic hydroxyl groups excluding tert-OH is 1. The second-order valence-electron chi connectivity index (χ2n) is 10.5. The number of aliphatic hydroxyl groups is 1. The van der Waals surface area contributed by atoms with Crippen molar-refractivity contribution in [2.45, 2.75) is 50.9 Å². The van der Waals surface area contributed by atoms with Gasteiger partial charge in [-0.1, -0.05) is 30.3 Å². The van der Waals surface area contributed by atoms with Gasteiger partial charge in [-0.3, -0.25) is 4.79 Å². The molecule has 8 heteroatoms. The topological polar surface area (TPSA) is 90.3 Å². The molecule has 194 valence electrons. The molecule has 2 N–H and O–H groups in total. The summed E-state index contributed by atoms with van der Waals surface area (Å²) in [4.78, 5) is 28.3. The van der Waals surface area contributed by atoms with Crippen molar-refractivity contribution in [3.05, 3.63) is 54.1 Å². The minimum Gasteiger partial charge on any atom is -0.493 e. The summed E-state index contributed by atoms with van der Waals surface area (Å²) in [7, 11) is 0. The van der Waals surface area contributed by atoms with Gasteiger partial charge in [0.1, 0.15) is 17.5 Å². The number of β-amino-alcohol motifs (C(OH)–C–C–N with tert-alkyl or cyclic N) is 1. The van der Waals surface area contributed by atoms with Crippen molar-refractivity contribution in [3.8, 4) is 16.9 Å². The van der Waals surface area contributed by atoms with Crippen molar-refractivity contribution in [1.29, 1.82) is 0 Å². The van der Waals surface area contributed by atoms with Crippen LogP contribution in [0.2, 0.25) is 0 Å². The fourth-order valence-corrected chi connectivity index (χ4v) is 5.14. The monoisotopic (exact) mass is 498 g/mol. The van der Waals surface area contributed by atoms with Crippen molar-refractivity contribution in [1.82, 2.24) is 9.80 Å². The van der Waals surface area contributed by atoms with Gasteiger partial charge in [0.05, 0.1) is 12.7 Å². The summed E-state index contributed by atoms with van der Waals surface area (Å²) >= 11 is 0. The van der Waals surface area contributed by atoms with E-state index in [1.807, 2.05) is 36.4 Å². The van der Waals surface area contributed by atoms with Crippen molar-refractivity contribution >= 4 is 11.9 Å². The highest BCUT2D eigenvalue weighted by Crippen LogP contribution is 2.30. The van der Waals surface area contributed by atoms with Crippen LogP contribution in [0.5, 0.6) is 5.75 Å². The number of piperidine rings is 1. The Balaban J connectivity index is 1.38. The Morgan fingerprint density at radius 2 is 1.75 bits per heavy atom. The molecule has 0 bridgehead atoms. The van der Waals surface area contributed by atoms with Crippen LogP contribution in [0.4, 0.5) is 4.39 Å². The van der Waals surface area contributed by atoms with E-state index in [0.717, 1.165) is 37.2 Å². The van der Waals surface area contributed by atoms with Crippen LogP contribution >= 0.6 is 0 Å². The van der Waals surface area contributed by atoms with E-state index in [1.54, 1.807) is 26.0 Å². The largest absolute Gasteiger partial charge is 0.493 e. The molecule has 36 heavy (non-hydrogen) atoms. The number of ether oxygens (including phenoxy) is 1. The average molecular weight is 499 g/mol. The molecule has 2 aliphatic rings. The number of nitrogens with zero attached hydrogens (tertiary/aromatic N) is 2. The second-order valence-corrected chi connectivity index (χ2v) is 10.5. The number of hydrogen-bond donors (Lipinski definition) is 2. The summed E-state index contributed by atoms with van der Waals surface area (Å²) < 4.78 is 19.9. The summed E-state index contributed by atoms with van der Waals surface area (Å²) in [6.07, 6.45) is 1.14. The van der Waals surface area contributed by atoms with Crippen molar-refractivity contribution in [2.24, 2.45) is 5.92 Å². The summed E-state index contributed by atoms with van der Waals surface area (Å²) in [5.41, 5.74) is 0.736. The highest BCUT2D eigenvalue weighted by Gasteiger charge is 2.39. The molecule has 0 unspecified atom stereocenters. The Morgan fingerprint density at radius 3 is 2.39 bits per heavy atom. The van der Waals surface area contributed by atoms with Gasteiger partial charge < -0.3 is 24.7 Å². The molecule has 2 aromatic carbocycles. The smallest absolute Gasteiger partial charge is 0.326 e. The van der Waals surface area contributed by atoms with E-state index in [9.17, 15) is 24.2 Å². The molecular weight excluding hydrogens is 463 g/mol. The van der Waals surface area contributed by atoms with Gasteiger partial charge in [-0.2, -0.15) is 0 Å². The minimum absolute atomic E-state index is 0.00137. The van der Waals surface area contributed by atoms with Gasteiger partial charge in [-0.15, -0.1) is 0 Å². The summed E-state index contributed by atoms with van der Waals surface area (Å²) in [6, 6.07) is 13.6. The van der Waals surface area contributed by atoms with E-state index in [0.29, 0.717) is 30.2 Å². The first-order valence-electron chi connectivity index (χ1n) is 12.6. The first kappa shape index (κ1) is 26.1. The number of amides is 1. The van der Waals surface area contributed by atoms with Crippen molar-refractivity contribution < 1.29 is 28.9 Å². The first-order valence-corrected chi connectivity index (χ1v) is 12.6. The predicted molar refractivity (Wildman–Crippen MR) is 135 cm³/mol. The molecule has 4 rings (SSSR count). The van der Waals surface area contributed by atoms with E-state index in [4.69, 9.17) is 4.74 Å². The van der Waals surface area contributed by atoms with Crippen LogP contribution in [-0.4, -0.2) is 82.5 Å². The Hall–Kier alpha value is -2.97. The van der Waals surface area contributed by atoms with Gasteiger partial charge >= 0.3 is 5.97 Å². The fourth-order valence-electron chi connectivity index (χ4n) is 5.14. The maximum absolute atomic E-state index is 13.9. The molecule has 0 saturated carbocycles. The third kappa shape index (κ3) is 6.42. The molecule has 2 aromatic rings. The van der Waals surface area contributed by atoms with Crippen LogP contribution in [0, 0.1) is 5.92 Å². The molecule has 2 fully saturated rings. The maximum Gasteiger partial charge on any atom is 0.326 e. The zero-order chi connectivity index (χ0) is 25.9. The molecule has 2 heterocycles. The number of aliphatic carboxylic acids is 1. The van der Waals surface area contributed by atoms with Crippen LogP contribution in [0.3, 0.4) is 0 Å². The van der Waals surface area contributed by atoms with Crippen LogP contribution in [0.1, 0.15) is 43.5 Å². The van der Waals surface area contributed by atoms with Crippen LogP contribution in [-0.2, 0) is 4.79 Å². The number of carbonyl (C=O) groups is 2. The first-order chi connectivity index (χ1) is 17.1. The molecule has 0 aliphatic carbocycles. The number of alkyl halides is 1. The van der Waals surface area contributed by atoms with E-state index in [1.165, 1.54) is 4.90 Å². The number of carboxylic acid groups (broad SMARTS) is 1. The molecule has 0 aromatic heterocycles. The lowest BCUT2D eigenvalue weighted by Gasteiger charge is -2.34. The number of rotatable bonds is 8. The standard InChI is InChI=1S/C28H35FN2O5/c1-28(2,29)18-30-13-11-19(12-14-30)17-36-22-9-7-20(8-10-22)23-5-3-4-6-24(23)26(33)31-16-21(32)15-25(31)27(34)35/h3-10,19,21,25,32H,11-18H2,1-2H3,(H,34,35)/t21-,25+/m1/s1. The van der Waals surface area contributed by atoms with Gasteiger partial charge in [0.25, 0.3) is 5.91 Å². The summed E-state index contributed by atoms with van der Waals surface area (Å²) in [6.45, 7) is 6.05. The number of carbonyl (C=O) groups excluding carboxylic acids is 1. The van der Waals surface area contributed by atoms with E-state index >= 15 is 0 Å². The SMILES string of the molecule is CC(C)(F)CN1CCC(COc2ccc(-c3ccccc3C(=O)N3C[C@H](O)C[C@H]3C(=O)O)cc2)CC1. The Bertz CT molecular complexity index is 1060. The molecule has 2 aliphatic heterocycles. The van der Waals surface area contributed by atoms with Gasteiger partial charge in [-0.05, 0) is 75.0 Å². The number of benzene rings is 2. The Morgan fingerprint density at radius 1 is 1.08 bits per heavy atom. The zero-order valence-corrected chi connectivity index (χ0v) is 20.9. The van der Waals surface area contributed by atoms with E-state index in [-0.39, 0.29) is 13.0 Å². The quantitative estimate of drug-likeness (QED) is 0.575. The number of halogens is 1. The lowest BCUT2D eigenvalue weighted by molar-refractivity contribution is -0.141. The lowest BCUT2D eigenvalue weighted by Crippen LogP contribution is -2.41. The molecule has 0 radical (unpaired) electrons. The van der Waals surface area contributed by atoms with Crippen LogP contribution in [0.15, 0.2) is 48.5 Å². The third-order valence-corrected chi connectivity index (χ3v) is 6.94. The van der Waals surface area contributed by atoms with Gasteiger partial charge in [0.15, 0.2) is 0 Å². The fraction of sp³-hybridized carbons (Fsp3) is 0.500. The van der Waals surface area contributed by atoms with E-state index in [2.05, 4.69) is 4.90 Å². The predicted octanol–water partition coefficient (Wildman–Crippen LogP) is 3.85. The summed E-state index contributed by atoms with van der Waals surface area (Å²) in [5, 5.41) is 19.4. The Kier molecular flexibility index (Phi) is 7.95. The van der Waals surface area contributed by atoms with Crippen molar-refractivity contribution in [3.63, 3.8) is 0 Å². The van der Waals surface area contributed by atoms with Crippen molar-refractivity contribution in [2.75, 3.05) is 32.8 Å². The average Bonchev–Trinajstić information content (AvgIpc) is 3.25. The van der Waals surface area contributed by atoms with Gasteiger partial charge in [-0.25, -0.2) is 9.18 Å². The molecule has 2 atom stereocenters. The molecule has 1 amide bonds. The maximum atomic E-state index is 13.9. The van der Waals surface area contributed by atoms with Gasteiger partial charge in [0.2, 0.25) is 0 Å². The minimum atomic E-state index is -1.18. The molecular formula is C28H35FN2O5. The molecule has 2 saturated heterocycles. The number of carboxylic acids is 1. The summed E-state index contributed by atoms with van der Waals surface area (Å²) in [5.74, 6) is -0.350. The Labute approximate surface area is 211 Å². The molecule has 0 spiro atoms. The van der Waals surface area contributed by atoms with Gasteiger partial charge in [0, 0.05) is 25.1 Å². The van der Waals surface area contributed by atoms with E-state index < -0.39 is 29.7 Å². The highest BCUT2D eigenvalue weighted by atomic mass is 19.1. The highest BCUT2D eigenvalue weighted by molar-refractivity contribution is 6.02.